The van der Waals surface area contributed by atoms with Crippen LogP contribution in [0, 0.1) is 5.92 Å². The minimum atomic E-state index is -0.0850. The van der Waals surface area contributed by atoms with E-state index in [9.17, 15) is 4.79 Å². The molecule has 1 aliphatic heterocycles. The van der Waals surface area contributed by atoms with Gasteiger partial charge in [-0.2, -0.15) is 5.10 Å². The van der Waals surface area contributed by atoms with Crippen molar-refractivity contribution in [1.29, 1.82) is 0 Å². The van der Waals surface area contributed by atoms with Crippen LogP contribution in [0.1, 0.15) is 0 Å². The van der Waals surface area contributed by atoms with Crippen molar-refractivity contribution in [2.45, 2.75) is 6.54 Å². The predicted octanol–water partition coefficient (Wildman–Crippen LogP) is 2.49. The highest BCUT2D eigenvalue weighted by molar-refractivity contribution is 6.33. The molecule has 0 saturated carbocycles. The zero-order valence-electron chi connectivity index (χ0n) is 13.4. The van der Waals surface area contributed by atoms with Crippen LogP contribution in [0.5, 0.6) is 0 Å². The molecule has 0 bridgehead atoms. The first-order valence-corrected chi connectivity index (χ1v) is 8.41. The van der Waals surface area contributed by atoms with Crippen molar-refractivity contribution >= 4 is 17.3 Å². The van der Waals surface area contributed by atoms with Crippen molar-refractivity contribution in [2.24, 2.45) is 5.92 Å². The van der Waals surface area contributed by atoms with Gasteiger partial charge in [0, 0.05) is 55.4 Å². The maximum Gasteiger partial charge on any atom is 0.266 e. The van der Waals surface area contributed by atoms with Gasteiger partial charge >= 0.3 is 0 Å². The molecule has 7 heteroatoms. The molecule has 6 nitrogen and oxygen atoms in total. The van der Waals surface area contributed by atoms with Crippen molar-refractivity contribution in [3.8, 4) is 11.3 Å². The molecule has 0 radical (unpaired) electrons. The fraction of sp³-hybridized carbons (Fsp3) is 0.222. The van der Waals surface area contributed by atoms with Crippen LogP contribution < -0.4 is 10.5 Å². The minimum absolute atomic E-state index is 0.0850. The second-order valence-electron chi connectivity index (χ2n) is 6.07. The first-order valence-electron chi connectivity index (χ1n) is 8.04. The van der Waals surface area contributed by atoms with E-state index in [-0.39, 0.29) is 5.56 Å². The highest BCUT2D eigenvalue weighted by Gasteiger charge is 2.29. The fourth-order valence-corrected chi connectivity index (χ4v) is 3.25. The lowest BCUT2D eigenvalue weighted by Crippen LogP contribution is -2.49. The molecule has 0 unspecified atom stereocenters. The van der Waals surface area contributed by atoms with Gasteiger partial charge in [0.1, 0.15) is 0 Å². The van der Waals surface area contributed by atoms with Gasteiger partial charge in [0.2, 0.25) is 0 Å². The van der Waals surface area contributed by atoms with Crippen molar-refractivity contribution in [3.05, 3.63) is 70.5 Å². The summed E-state index contributed by atoms with van der Waals surface area (Å²) in [6.45, 7) is 2.28. The average molecular weight is 354 g/mol. The summed E-state index contributed by atoms with van der Waals surface area (Å²) < 4.78 is 1.55. The van der Waals surface area contributed by atoms with Crippen LogP contribution in [0.3, 0.4) is 0 Å². The van der Waals surface area contributed by atoms with Crippen molar-refractivity contribution in [1.82, 2.24) is 19.7 Å². The van der Waals surface area contributed by atoms with E-state index in [4.69, 9.17) is 11.6 Å². The predicted molar refractivity (Wildman–Crippen MR) is 96.7 cm³/mol. The lowest BCUT2D eigenvalue weighted by atomic mass is 9.99. The van der Waals surface area contributed by atoms with Gasteiger partial charge in [0.25, 0.3) is 5.56 Å². The standard InChI is InChI=1S/C18H16ClN5O/c19-15-9-21-8-5-17(15)23-10-13(11-23)12-24-18(25)2-1-16(22-24)14-3-6-20-7-4-14/h1-9,13H,10-12H2. The van der Waals surface area contributed by atoms with Gasteiger partial charge in [0.15, 0.2) is 0 Å². The van der Waals surface area contributed by atoms with Crippen LogP contribution in [0.2, 0.25) is 5.02 Å². The number of rotatable bonds is 4. The van der Waals surface area contributed by atoms with Gasteiger partial charge in [-0.25, -0.2) is 4.68 Å². The van der Waals surface area contributed by atoms with E-state index >= 15 is 0 Å². The van der Waals surface area contributed by atoms with E-state index in [1.54, 1.807) is 41.6 Å². The Labute approximate surface area is 149 Å². The van der Waals surface area contributed by atoms with Crippen LogP contribution in [0.4, 0.5) is 5.69 Å². The molecule has 0 spiro atoms. The van der Waals surface area contributed by atoms with Crippen LogP contribution in [-0.2, 0) is 6.54 Å². The lowest BCUT2D eigenvalue weighted by molar-refractivity contribution is 0.335. The van der Waals surface area contributed by atoms with Crippen LogP contribution in [0.15, 0.2) is 59.9 Å². The summed E-state index contributed by atoms with van der Waals surface area (Å²) in [5.74, 6) is 0.363. The Morgan fingerprint density at radius 1 is 1.04 bits per heavy atom. The van der Waals surface area contributed by atoms with E-state index in [0.717, 1.165) is 30.0 Å². The molecule has 4 heterocycles. The second kappa shape index (κ2) is 6.64. The number of nitrogens with zero attached hydrogens (tertiary/aromatic N) is 5. The fourth-order valence-electron chi connectivity index (χ4n) is 3.01. The molecule has 0 amide bonds. The van der Waals surface area contributed by atoms with E-state index < -0.39 is 0 Å². The Bertz CT molecular complexity index is 937. The number of hydrogen-bond acceptors (Lipinski definition) is 5. The Kier molecular flexibility index (Phi) is 4.19. The molecule has 3 aromatic heterocycles. The molecular formula is C18H16ClN5O. The third kappa shape index (κ3) is 3.25. The molecule has 3 aromatic rings. The van der Waals surface area contributed by atoms with Gasteiger partial charge in [0.05, 0.1) is 22.9 Å². The Morgan fingerprint density at radius 3 is 2.56 bits per heavy atom. The third-order valence-corrected chi connectivity index (χ3v) is 4.61. The minimum Gasteiger partial charge on any atom is -0.369 e. The maximum absolute atomic E-state index is 12.1. The summed E-state index contributed by atoms with van der Waals surface area (Å²) in [5.41, 5.74) is 2.62. The Morgan fingerprint density at radius 2 is 1.80 bits per heavy atom. The van der Waals surface area contributed by atoms with Crippen molar-refractivity contribution in [2.75, 3.05) is 18.0 Å². The second-order valence-corrected chi connectivity index (χ2v) is 6.48. The average Bonchev–Trinajstić information content (AvgIpc) is 2.61. The molecule has 1 fully saturated rings. The van der Waals surface area contributed by atoms with Crippen molar-refractivity contribution < 1.29 is 0 Å². The summed E-state index contributed by atoms with van der Waals surface area (Å²) in [5, 5.41) is 5.15. The molecule has 0 N–H and O–H groups in total. The normalized spacial score (nSPS) is 14.4. The van der Waals surface area contributed by atoms with E-state index in [1.807, 2.05) is 18.2 Å². The molecule has 4 rings (SSSR count). The zero-order valence-corrected chi connectivity index (χ0v) is 14.2. The van der Waals surface area contributed by atoms with Gasteiger partial charge in [-0.3, -0.25) is 14.8 Å². The van der Waals surface area contributed by atoms with Gasteiger partial charge < -0.3 is 4.90 Å². The van der Waals surface area contributed by atoms with Gasteiger partial charge in [-0.15, -0.1) is 0 Å². The molecule has 1 saturated heterocycles. The highest BCUT2D eigenvalue weighted by Crippen LogP contribution is 2.30. The quantitative estimate of drug-likeness (QED) is 0.721. The smallest absolute Gasteiger partial charge is 0.266 e. The van der Waals surface area contributed by atoms with Gasteiger partial charge in [-0.1, -0.05) is 11.6 Å². The Balaban J connectivity index is 1.47. The molecule has 126 valence electrons. The van der Waals surface area contributed by atoms with E-state index in [2.05, 4.69) is 20.0 Å². The summed E-state index contributed by atoms with van der Waals surface area (Å²) in [6.07, 6.45) is 6.82. The van der Waals surface area contributed by atoms with Crippen LogP contribution in [-0.4, -0.2) is 32.8 Å². The summed E-state index contributed by atoms with van der Waals surface area (Å²) in [7, 11) is 0. The molecule has 1 aliphatic rings. The number of aromatic nitrogens is 4. The molecule has 0 atom stereocenters. The molecule has 0 aromatic carbocycles. The third-order valence-electron chi connectivity index (χ3n) is 4.32. The summed E-state index contributed by atoms with van der Waals surface area (Å²) >= 11 is 6.18. The molecule has 0 aliphatic carbocycles. The summed E-state index contributed by atoms with van der Waals surface area (Å²) in [6, 6.07) is 8.99. The Hall–Kier alpha value is -2.73. The zero-order chi connectivity index (χ0) is 17.2. The highest BCUT2D eigenvalue weighted by atomic mass is 35.5. The SMILES string of the molecule is O=c1ccc(-c2ccncc2)nn1CC1CN(c2ccncc2Cl)C1. The van der Waals surface area contributed by atoms with E-state index in [1.165, 1.54) is 0 Å². The monoisotopic (exact) mass is 353 g/mol. The van der Waals surface area contributed by atoms with Gasteiger partial charge in [-0.05, 0) is 24.3 Å². The topological polar surface area (TPSA) is 63.9 Å². The van der Waals surface area contributed by atoms with Crippen LogP contribution >= 0.6 is 11.6 Å². The number of pyridine rings is 2. The molecule has 25 heavy (non-hydrogen) atoms. The number of hydrogen-bond donors (Lipinski definition) is 0. The first kappa shape index (κ1) is 15.8. The number of anilines is 1. The molecular weight excluding hydrogens is 338 g/mol. The summed E-state index contributed by atoms with van der Waals surface area (Å²) in [4.78, 5) is 22.3. The van der Waals surface area contributed by atoms with E-state index in [0.29, 0.717) is 17.5 Å². The maximum atomic E-state index is 12.1. The van der Waals surface area contributed by atoms with Crippen LogP contribution in [0.25, 0.3) is 11.3 Å². The lowest BCUT2D eigenvalue weighted by Gasteiger charge is -2.41. The largest absolute Gasteiger partial charge is 0.369 e. The van der Waals surface area contributed by atoms with Crippen molar-refractivity contribution in [3.63, 3.8) is 0 Å². The number of halogens is 1. The first-order chi connectivity index (χ1) is 12.2.